The fourth-order valence-electron chi connectivity index (χ4n) is 1.34. The summed E-state index contributed by atoms with van der Waals surface area (Å²) in [5.41, 5.74) is 2.16. The fraction of sp³-hybridized carbons (Fsp3) is 0.429. The fourth-order valence-corrected chi connectivity index (χ4v) is 1.34. The van der Waals surface area contributed by atoms with Gasteiger partial charge in [-0.05, 0) is 12.5 Å². The van der Waals surface area contributed by atoms with Crippen LogP contribution in [0.15, 0.2) is 30.6 Å². The Hall–Kier alpha value is -1.44. The third-order valence-corrected chi connectivity index (χ3v) is 1.96. The molecular weight excluding hydrogens is 196 g/mol. The molecule has 0 bridgehead atoms. The van der Waals surface area contributed by atoms with E-state index in [4.69, 9.17) is 0 Å². The Kier molecular flexibility index (Phi) is 8.04. The molecule has 0 amide bonds. The molecule has 0 spiro atoms. The largest absolute Gasteiger partial charge is 0.241 e. The number of hydrogen-bond donors (Lipinski definition) is 0. The third-order valence-electron chi connectivity index (χ3n) is 1.96. The van der Waals surface area contributed by atoms with Crippen LogP contribution in [0.2, 0.25) is 0 Å². The number of benzene rings is 1. The lowest BCUT2D eigenvalue weighted by atomic mass is 10.1. The van der Waals surface area contributed by atoms with E-state index in [0.717, 1.165) is 17.6 Å². The number of rotatable bonds is 1. The van der Waals surface area contributed by atoms with E-state index in [-0.39, 0.29) is 0 Å². The predicted molar refractivity (Wildman–Crippen MR) is 71.6 cm³/mol. The molecule has 2 aromatic rings. The van der Waals surface area contributed by atoms with Crippen molar-refractivity contribution in [3.05, 3.63) is 36.3 Å². The molecule has 0 aliphatic carbocycles. The van der Waals surface area contributed by atoms with Gasteiger partial charge in [0.1, 0.15) is 6.33 Å². The summed E-state index contributed by atoms with van der Waals surface area (Å²) in [6, 6.07) is 8.09. The lowest BCUT2D eigenvalue weighted by Gasteiger charge is -2.00. The van der Waals surface area contributed by atoms with Crippen LogP contribution < -0.4 is 0 Å². The summed E-state index contributed by atoms with van der Waals surface area (Å²) < 4.78 is 0. The second-order valence-electron chi connectivity index (χ2n) is 2.69. The number of aryl methyl sites for hydroxylation is 1. The van der Waals surface area contributed by atoms with Gasteiger partial charge in [-0.2, -0.15) is 0 Å². The molecule has 2 nitrogen and oxygen atoms in total. The third kappa shape index (κ3) is 3.61. The molecule has 0 aliphatic rings. The summed E-state index contributed by atoms with van der Waals surface area (Å²) in [6.07, 6.45) is 2.59. The summed E-state index contributed by atoms with van der Waals surface area (Å²) >= 11 is 0. The maximum Gasteiger partial charge on any atom is 0.116 e. The lowest BCUT2D eigenvalue weighted by Crippen LogP contribution is -1.90. The minimum absolute atomic E-state index is 0.961. The SMILES string of the molecule is CC.CC.CCc1ncnc2ccccc12. The maximum atomic E-state index is 4.21. The van der Waals surface area contributed by atoms with Gasteiger partial charge in [0.05, 0.1) is 11.2 Å². The van der Waals surface area contributed by atoms with Crippen LogP contribution >= 0.6 is 0 Å². The van der Waals surface area contributed by atoms with Gasteiger partial charge < -0.3 is 0 Å². The number of para-hydroxylation sites is 1. The quantitative estimate of drug-likeness (QED) is 0.715. The Balaban J connectivity index is 0.000000509. The Labute approximate surface area is 98.8 Å². The molecule has 88 valence electrons. The van der Waals surface area contributed by atoms with Crippen molar-refractivity contribution in [3.8, 4) is 0 Å². The van der Waals surface area contributed by atoms with Crippen molar-refractivity contribution in [1.29, 1.82) is 0 Å². The van der Waals surface area contributed by atoms with E-state index >= 15 is 0 Å². The molecule has 2 heteroatoms. The maximum absolute atomic E-state index is 4.21. The van der Waals surface area contributed by atoms with Gasteiger partial charge in [-0.1, -0.05) is 52.8 Å². The Morgan fingerprint density at radius 1 is 0.938 bits per heavy atom. The molecule has 0 aliphatic heterocycles. The molecule has 0 radical (unpaired) electrons. The van der Waals surface area contributed by atoms with Crippen molar-refractivity contribution >= 4 is 10.9 Å². The first-order valence-corrected chi connectivity index (χ1v) is 6.10. The van der Waals surface area contributed by atoms with E-state index in [2.05, 4.69) is 23.0 Å². The molecule has 0 saturated carbocycles. The van der Waals surface area contributed by atoms with Crippen molar-refractivity contribution in [1.82, 2.24) is 9.97 Å². The van der Waals surface area contributed by atoms with Gasteiger partial charge in [0.2, 0.25) is 0 Å². The molecule has 1 aromatic carbocycles. The number of aromatic nitrogens is 2. The van der Waals surface area contributed by atoms with E-state index in [0.29, 0.717) is 0 Å². The summed E-state index contributed by atoms with van der Waals surface area (Å²) in [7, 11) is 0. The zero-order valence-electron chi connectivity index (χ0n) is 11.0. The molecule has 0 unspecified atom stereocenters. The summed E-state index contributed by atoms with van der Waals surface area (Å²) in [6.45, 7) is 10.1. The Bertz CT molecular complexity index is 391. The Morgan fingerprint density at radius 2 is 1.56 bits per heavy atom. The van der Waals surface area contributed by atoms with E-state index in [9.17, 15) is 0 Å². The average Bonchev–Trinajstić information content (AvgIpc) is 2.42. The molecule has 16 heavy (non-hydrogen) atoms. The number of hydrogen-bond acceptors (Lipinski definition) is 2. The van der Waals surface area contributed by atoms with Crippen LogP contribution in [0, 0.1) is 0 Å². The zero-order valence-corrected chi connectivity index (χ0v) is 11.0. The monoisotopic (exact) mass is 218 g/mol. The van der Waals surface area contributed by atoms with Gasteiger partial charge in [-0.25, -0.2) is 9.97 Å². The summed E-state index contributed by atoms with van der Waals surface area (Å²) in [5, 5.41) is 1.17. The van der Waals surface area contributed by atoms with Crippen LogP contribution in [0.25, 0.3) is 10.9 Å². The molecule has 0 N–H and O–H groups in total. The predicted octanol–water partition coefficient (Wildman–Crippen LogP) is 4.24. The van der Waals surface area contributed by atoms with Crippen molar-refractivity contribution in [2.24, 2.45) is 0 Å². The van der Waals surface area contributed by atoms with Gasteiger partial charge in [0.15, 0.2) is 0 Å². The molecule has 1 heterocycles. The molecular formula is C14H22N2. The minimum Gasteiger partial charge on any atom is -0.241 e. The van der Waals surface area contributed by atoms with Gasteiger partial charge >= 0.3 is 0 Å². The highest BCUT2D eigenvalue weighted by molar-refractivity contribution is 5.80. The van der Waals surface area contributed by atoms with Crippen LogP contribution in [-0.4, -0.2) is 9.97 Å². The van der Waals surface area contributed by atoms with Crippen molar-refractivity contribution in [2.75, 3.05) is 0 Å². The van der Waals surface area contributed by atoms with Gasteiger partial charge in [-0.15, -0.1) is 0 Å². The molecule has 0 atom stereocenters. The highest BCUT2D eigenvalue weighted by Gasteiger charge is 1.98. The standard InChI is InChI=1S/C10H10N2.2C2H6/c1-2-9-8-5-3-4-6-10(8)12-7-11-9;2*1-2/h3-7H,2H2,1H3;2*1-2H3. The van der Waals surface area contributed by atoms with Crippen molar-refractivity contribution in [2.45, 2.75) is 41.0 Å². The van der Waals surface area contributed by atoms with Crippen LogP contribution in [0.4, 0.5) is 0 Å². The molecule has 1 aromatic heterocycles. The van der Waals surface area contributed by atoms with Crippen molar-refractivity contribution in [3.63, 3.8) is 0 Å². The van der Waals surface area contributed by atoms with Crippen LogP contribution in [-0.2, 0) is 6.42 Å². The Morgan fingerprint density at radius 3 is 2.19 bits per heavy atom. The van der Waals surface area contributed by atoms with E-state index in [1.165, 1.54) is 5.39 Å². The first-order chi connectivity index (χ1) is 7.92. The van der Waals surface area contributed by atoms with Crippen LogP contribution in [0.3, 0.4) is 0 Å². The first-order valence-electron chi connectivity index (χ1n) is 6.10. The highest BCUT2D eigenvalue weighted by atomic mass is 14.8. The first kappa shape index (κ1) is 14.6. The van der Waals surface area contributed by atoms with Gasteiger partial charge in [0.25, 0.3) is 0 Å². The van der Waals surface area contributed by atoms with Crippen LogP contribution in [0.5, 0.6) is 0 Å². The van der Waals surface area contributed by atoms with Gasteiger partial charge in [0, 0.05) is 5.39 Å². The van der Waals surface area contributed by atoms with Crippen LogP contribution in [0.1, 0.15) is 40.3 Å². The smallest absolute Gasteiger partial charge is 0.116 e. The molecule has 2 rings (SSSR count). The summed E-state index contributed by atoms with van der Waals surface area (Å²) in [4.78, 5) is 8.39. The lowest BCUT2D eigenvalue weighted by molar-refractivity contribution is 1.03. The average molecular weight is 218 g/mol. The second kappa shape index (κ2) is 8.84. The van der Waals surface area contributed by atoms with Gasteiger partial charge in [-0.3, -0.25) is 0 Å². The second-order valence-corrected chi connectivity index (χ2v) is 2.69. The minimum atomic E-state index is 0.961. The molecule has 0 fully saturated rings. The van der Waals surface area contributed by atoms with E-state index in [1.807, 2.05) is 45.9 Å². The van der Waals surface area contributed by atoms with Crippen molar-refractivity contribution < 1.29 is 0 Å². The molecule has 0 saturated heterocycles. The number of nitrogens with zero attached hydrogens (tertiary/aromatic N) is 2. The van der Waals surface area contributed by atoms with E-state index < -0.39 is 0 Å². The summed E-state index contributed by atoms with van der Waals surface area (Å²) in [5.74, 6) is 0. The number of fused-ring (bicyclic) bond motifs is 1. The topological polar surface area (TPSA) is 25.8 Å². The zero-order chi connectivity index (χ0) is 12.4. The highest BCUT2D eigenvalue weighted by Crippen LogP contribution is 2.13. The van der Waals surface area contributed by atoms with E-state index in [1.54, 1.807) is 6.33 Å². The normalized spacial score (nSPS) is 8.56.